The molecule has 4 rings (SSSR count). The number of nitrogens with zero attached hydrogens (tertiary/aromatic N) is 5. The highest BCUT2D eigenvalue weighted by Gasteiger charge is 2.25. The Bertz CT molecular complexity index is 742. The van der Waals surface area contributed by atoms with Crippen LogP contribution in [0.2, 0.25) is 0 Å². The van der Waals surface area contributed by atoms with E-state index in [4.69, 9.17) is 0 Å². The summed E-state index contributed by atoms with van der Waals surface area (Å²) in [6, 6.07) is 12.6. The number of anilines is 1. The summed E-state index contributed by atoms with van der Waals surface area (Å²) in [5.41, 5.74) is 1.33. The van der Waals surface area contributed by atoms with Gasteiger partial charge in [-0.05, 0) is 18.1 Å². The normalized spacial score (nSPS) is 21.0. The summed E-state index contributed by atoms with van der Waals surface area (Å²) >= 11 is 0. The van der Waals surface area contributed by atoms with Gasteiger partial charge in [-0.1, -0.05) is 30.3 Å². The first-order valence-corrected chi connectivity index (χ1v) is 10.1. The predicted octanol–water partition coefficient (Wildman–Crippen LogP) is 0.989. The highest BCUT2D eigenvalue weighted by molar-refractivity contribution is 5.78. The molecule has 1 atom stereocenters. The molecule has 1 aromatic heterocycles. The molecular weight excluding hydrogens is 352 g/mol. The molecule has 2 saturated heterocycles. The lowest BCUT2D eigenvalue weighted by Crippen LogP contribution is -2.51. The van der Waals surface area contributed by atoms with Crippen molar-refractivity contribution in [2.75, 3.05) is 50.7 Å². The summed E-state index contributed by atoms with van der Waals surface area (Å²) in [7, 11) is 0. The molecule has 2 aromatic rings. The summed E-state index contributed by atoms with van der Waals surface area (Å²) in [6.07, 6.45) is 4.56. The summed E-state index contributed by atoms with van der Waals surface area (Å²) in [4.78, 5) is 27.9. The Kier molecular flexibility index (Phi) is 6.14. The topological polar surface area (TPSA) is 64.6 Å². The minimum atomic E-state index is 0.135. The number of carbonyl (C=O) groups excluding carboxylic acids is 1. The monoisotopic (exact) mass is 380 g/mol. The number of benzene rings is 1. The van der Waals surface area contributed by atoms with Crippen LogP contribution in [0.5, 0.6) is 0 Å². The Labute approximate surface area is 166 Å². The Balaban J connectivity index is 1.17. The van der Waals surface area contributed by atoms with Gasteiger partial charge in [-0.2, -0.15) is 0 Å². The molecule has 2 aliphatic heterocycles. The summed E-state index contributed by atoms with van der Waals surface area (Å²) in [5.74, 6) is 0.909. The maximum atomic E-state index is 12.5. The number of piperazine rings is 1. The Morgan fingerprint density at radius 3 is 2.46 bits per heavy atom. The van der Waals surface area contributed by atoms with Crippen LogP contribution in [0.1, 0.15) is 12.0 Å². The van der Waals surface area contributed by atoms with Gasteiger partial charge in [-0.15, -0.1) is 0 Å². The molecule has 0 saturated carbocycles. The Morgan fingerprint density at radius 2 is 1.71 bits per heavy atom. The first-order valence-electron chi connectivity index (χ1n) is 10.1. The Morgan fingerprint density at radius 1 is 0.964 bits per heavy atom. The van der Waals surface area contributed by atoms with Gasteiger partial charge < -0.3 is 10.2 Å². The predicted molar refractivity (Wildman–Crippen MR) is 109 cm³/mol. The van der Waals surface area contributed by atoms with E-state index in [0.29, 0.717) is 6.54 Å². The van der Waals surface area contributed by atoms with Gasteiger partial charge in [-0.25, -0.2) is 9.97 Å². The molecule has 7 nitrogen and oxygen atoms in total. The van der Waals surface area contributed by atoms with Crippen molar-refractivity contribution >= 4 is 11.9 Å². The number of aromatic nitrogens is 2. The van der Waals surface area contributed by atoms with Gasteiger partial charge in [0.05, 0.1) is 6.54 Å². The maximum Gasteiger partial charge on any atom is 0.234 e. The SMILES string of the molecule is O=C(CN1CCN(c2ncccn2)CC1)N[C@@H]1CCN(Cc2ccccc2)C1. The van der Waals surface area contributed by atoms with Crippen LogP contribution >= 0.6 is 0 Å². The third-order valence-corrected chi connectivity index (χ3v) is 5.46. The van der Waals surface area contributed by atoms with E-state index in [9.17, 15) is 4.79 Å². The Hall–Kier alpha value is -2.51. The highest BCUT2D eigenvalue weighted by atomic mass is 16.2. The van der Waals surface area contributed by atoms with Gasteiger partial charge in [0, 0.05) is 64.2 Å². The van der Waals surface area contributed by atoms with Crippen molar-refractivity contribution in [2.45, 2.75) is 19.0 Å². The van der Waals surface area contributed by atoms with E-state index in [0.717, 1.165) is 58.2 Å². The van der Waals surface area contributed by atoms with E-state index < -0.39 is 0 Å². The van der Waals surface area contributed by atoms with Crippen LogP contribution in [0, 0.1) is 0 Å². The number of likely N-dealkylation sites (tertiary alicyclic amines) is 1. The van der Waals surface area contributed by atoms with E-state index in [2.05, 4.69) is 54.2 Å². The van der Waals surface area contributed by atoms with Crippen molar-refractivity contribution in [3.05, 3.63) is 54.4 Å². The van der Waals surface area contributed by atoms with Crippen LogP contribution < -0.4 is 10.2 Å². The largest absolute Gasteiger partial charge is 0.351 e. The smallest absolute Gasteiger partial charge is 0.234 e. The molecule has 1 N–H and O–H groups in total. The number of rotatable bonds is 6. The number of carbonyl (C=O) groups is 1. The summed E-state index contributed by atoms with van der Waals surface area (Å²) in [5, 5.41) is 3.22. The minimum absolute atomic E-state index is 0.135. The van der Waals surface area contributed by atoms with Crippen LogP contribution in [-0.2, 0) is 11.3 Å². The third kappa shape index (κ3) is 5.05. The molecule has 0 radical (unpaired) electrons. The van der Waals surface area contributed by atoms with Gasteiger partial charge >= 0.3 is 0 Å². The van der Waals surface area contributed by atoms with Crippen molar-refractivity contribution in [2.24, 2.45) is 0 Å². The van der Waals surface area contributed by atoms with Crippen molar-refractivity contribution in [1.29, 1.82) is 0 Å². The molecule has 2 aliphatic rings. The number of hydrogen-bond donors (Lipinski definition) is 1. The van der Waals surface area contributed by atoms with Crippen LogP contribution in [0.15, 0.2) is 48.8 Å². The second-order valence-corrected chi connectivity index (χ2v) is 7.59. The second-order valence-electron chi connectivity index (χ2n) is 7.59. The molecule has 2 fully saturated rings. The lowest BCUT2D eigenvalue weighted by Gasteiger charge is -2.34. The van der Waals surface area contributed by atoms with E-state index >= 15 is 0 Å². The van der Waals surface area contributed by atoms with Gasteiger partial charge in [0.25, 0.3) is 0 Å². The number of amides is 1. The molecule has 3 heterocycles. The molecule has 7 heteroatoms. The zero-order chi connectivity index (χ0) is 19.2. The van der Waals surface area contributed by atoms with Gasteiger partial charge in [0.2, 0.25) is 11.9 Å². The fourth-order valence-electron chi connectivity index (χ4n) is 3.97. The number of nitrogens with one attached hydrogen (secondary N) is 1. The fraction of sp³-hybridized carbons (Fsp3) is 0.476. The molecule has 0 bridgehead atoms. The number of hydrogen-bond acceptors (Lipinski definition) is 6. The first-order chi connectivity index (χ1) is 13.8. The van der Waals surface area contributed by atoms with Gasteiger partial charge in [-0.3, -0.25) is 14.6 Å². The van der Waals surface area contributed by atoms with Gasteiger partial charge in [0.1, 0.15) is 0 Å². The van der Waals surface area contributed by atoms with E-state index in [1.807, 2.05) is 12.1 Å². The molecule has 1 aromatic carbocycles. The molecular formula is C21H28N6O. The highest BCUT2D eigenvalue weighted by Crippen LogP contribution is 2.14. The first kappa shape index (κ1) is 18.8. The van der Waals surface area contributed by atoms with E-state index in [1.54, 1.807) is 12.4 Å². The van der Waals surface area contributed by atoms with Crippen LogP contribution in [0.4, 0.5) is 5.95 Å². The lowest BCUT2D eigenvalue weighted by atomic mass is 10.2. The standard InChI is InChI=1S/C21H28N6O/c28-20(17-25-11-13-27(14-12-25)21-22-8-4-9-23-21)24-19-7-10-26(16-19)15-18-5-2-1-3-6-18/h1-6,8-9,19H,7,10-17H2,(H,24,28)/t19-/m1/s1. The summed E-state index contributed by atoms with van der Waals surface area (Å²) < 4.78 is 0. The fourth-order valence-corrected chi connectivity index (χ4v) is 3.97. The molecule has 1 amide bonds. The maximum absolute atomic E-state index is 12.5. The van der Waals surface area contributed by atoms with Crippen molar-refractivity contribution in [3.8, 4) is 0 Å². The van der Waals surface area contributed by atoms with Crippen molar-refractivity contribution in [1.82, 2.24) is 25.1 Å². The van der Waals surface area contributed by atoms with Crippen LogP contribution in [0.3, 0.4) is 0 Å². The average molecular weight is 380 g/mol. The molecule has 0 unspecified atom stereocenters. The quantitative estimate of drug-likeness (QED) is 0.806. The second kappa shape index (κ2) is 9.12. The molecule has 0 aliphatic carbocycles. The lowest BCUT2D eigenvalue weighted by molar-refractivity contribution is -0.122. The van der Waals surface area contributed by atoms with Gasteiger partial charge in [0.15, 0.2) is 0 Å². The third-order valence-electron chi connectivity index (χ3n) is 5.46. The molecule has 28 heavy (non-hydrogen) atoms. The average Bonchev–Trinajstić information content (AvgIpc) is 3.16. The van der Waals surface area contributed by atoms with Crippen molar-refractivity contribution in [3.63, 3.8) is 0 Å². The van der Waals surface area contributed by atoms with E-state index in [1.165, 1.54) is 5.56 Å². The zero-order valence-electron chi connectivity index (χ0n) is 16.2. The van der Waals surface area contributed by atoms with Crippen molar-refractivity contribution < 1.29 is 4.79 Å². The van der Waals surface area contributed by atoms with Crippen LogP contribution in [-0.4, -0.2) is 77.5 Å². The minimum Gasteiger partial charge on any atom is -0.351 e. The zero-order valence-corrected chi connectivity index (χ0v) is 16.2. The molecule has 0 spiro atoms. The van der Waals surface area contributed by atoms with E-state index in [-0.39, 0.29) is 11.9 Å². The summed E-state index contributed by atoms with van der Waals surface area (Å²) in [6.45, 7) is 6.81. The van der Waals surface area contributed by atoms with Crippen LogP contribution in [0.25, 0.3) is 0 Å². The molecule has 148 valence electrons.